The monoisotopic (exact) mass is 192 g/mol. The molecule has 1 aromatic heterocycles. The molecule has 0 saturated heterocycles. The van der Waals surface area contributed by atoms with Gasteiger partial charge in [0.1, 0.15) is 5.76 Å². The Bertz CT molecular complexity index is 377. The van der Waals surface area contributed by atoms with Crippen molar-refractivity contribution in [2.75, 3.05) is 12.8 Å². The molecule has 0 radical (unpaired) electrons. The number of nitrogens with two attached hydrogens (primary N) is 1. The van der Waals surface area contributed by atoms with Gasteiger partial charge in [0, 0.05) is 6.07 Å². The molecule has 4 heteroatoms. The molecule has 0 fully saturated rings. The summed E-state index contributed by atoms with van der Waals surface area (Å²) < 4.78 is 10.0. The van der Waals surface area contributed by atoms with Gasteiger partial charge in [0.05, 0.1) is 12.7 Å². The number of anilines is 1. The third-order valence-electron chi connectivity index (χ3n) is 1.67. The fourth-order valence-corrected chi connectivity index (χ4v) is 1.04. The summed E-state index contributed by atoms with van der Waals surface area (Å²) in [6.45, 7) is 7.26. The molecule has 14 heavy (non-hydrogen) atoms. The van der Waals surface area contributed by atoms with Gasteiger partial charge in [-0.05, 0) is 6.08 Å². The van der Waals surface area contributed by atoms with Gasteiger partial charge in [-0.3, -0.25) is 0 Å². The maximum absolute atomic E-state index is 5.43. The molecule has 0 aliphatic carbocycles. The largest absolute Gasteiger partial charge is 0.496 e. The fourth-order valence-electron chi connectivity index (χ4n) is 1.04. The third kappa shape index (κ3) is 1.85. The number of aromatic nitrogens is 1. The van der Waals surface area contributed by atoms with Crippen LogP contribution in [0.15, 0.2) is 41.7 Å². The molecule has 0 unspecified atom stereocenters. The van der Waals surface area contributed by atoms with E-state index >= 15 is 0 Å². The average Bonchev–Trinajstić information content (AvgIpc) is 2.60. The SMILES string of the molecule is C=C/C(OC)=C(\C=C)c1cc(N)no1. The number of nitrogens with zero attached hydrogens (tertiary/aromatic N) is 1. The summed E-state index contributed by atoms with van der Waals surface area (Å²) >= 11 is 0. The van der Waals surface area contributed by atoms with Crippen LogP contribution < -0.4 is 5.73 Å². The van der Waals surface area contributed by atoms with Crippen LogP contribution in [0.2, 0.25) is 0 Å². The lowest BCUT2D eigenvalue weighted by molar-refractivity contribution is 0.307. The van der Waals surface area contributed by atoms with Crippen LogP contribution in [-0.4, -0.2) is 12.3 Å². The van der Waals surface area contributed by atoms with Crippen LogP contribution in [0.3, 0.4) is 0 Å². The van der Waals surface area contributed by atoms with Gasteiger partial charge in [0.15, 0.2) is 11.6 Å². The molecule has 0 saturated carbocycles. The van der Waals surface area contributed by atoms with Gasteiger partial charge in [-0.25, -0.2) is 0 Å². The van der Waals surface area contributed by atoms with Crippen LogP contribution >= 0.6 is 0 Å². The lowest BCUT2D eigenvalue weighted by Gasteiger charge is -2.03. The van der Waals surface area contributed by atoms with E-state index in [1.54, 1.807) is 25.3 Å². The Morgan fingerprint density at radius 1 is 1.57 bits per heavy atom. The number of hydrogen-bond donors (Lipinski definition) is 1. The highest BCUT2D eigenvalue weighted by Gasteiger charge is 2.09. The first-order valence-corrected chi connectivity index (χ1v) is 3.98. The van der Waals surface area contributed by atoms with Gasteiger partial charge < -0.3 is 15.0 Å². The van der Waals surface area contributed by atoms with Crippen LogP contribution in [0.25, 0.3) is 5.57 Å². The van der Waals surface area contributed by atoms with Gasteiger partial charge in [0.2, 0.25) is 0 Å². The standard InChI is InChI=1S/C10H12N2O2/c1-4-7(8(5-2)13-3)9-6-10(11)12-14-9/h4-6H,1-2H2,3H3,(H2,11,12)/b8-7-. The Morgan fingerprint density at radius 2 is 2.29 bits per heavy atom. The molecule has 0 bridgehead atoms. The molecular formula is C10H12N2O2. The van der Waals surface area contributed by atoms with Crippen molar-refractivity contribution in [2.45, 2.75) is 0 Å². The lowest BCUT2D eigenvalue weighted by atomic mass is 10.1. The maximum atomic E-state index is 5.43. The minimum Gasteiger partial charge on any atom is -0.496 e. The summed E-state index contributed by atoms with van der Waals surface area (Å²) in [6.07, 6.45) is 3.16. The second kappa shape index (κ2) is 4.32. The Balaban J connectivity index is 3.20. The first kappa shape index (κ1) is 10.1. The third-order valence-corrected chi connectivity index (χ3v) is 1.67. The molecule has 4 nitrogen and oxygen atoms in total. The molecule has 0 aliphatic heterocycles. The van der Waals surface area contributed by atoms with Crippen molar-refractivity contribution in [3.63, 3.8) is 0 Å². The molecule has 0 aliphatic rings. The number of rotatable bonds is 4. The average molecular weight is 192 g/mol. The van der Waals surface area contributed by atoms with E-state index in [4.69, 9.17) is 15.0 Å². The van der Waals surface area contributed by atoms with E-state index in [1.165, 1.54) is 0 Å². The molecule has 0 amide bonds. The summed E-state index contributed by atoms with van der Waals surface area (Å²) in [7, 11) is 1.54. The Labute approximate surface area is 82.3 Å². The van der Waals surface area contributed by atoms with E-state index in [9.17, 15) is 0 Å². The first-order valence-electron chi connectivity index (χ1n) is 3.98. The maximum Gasteiger partial charge on any atom is 0.172 e. The van der Waals surface area contributed by atoms with Gasteiger partial charge in [-0.2, -0.15) is 0 Å². The molecule has 0 spiro atoms. The highest BCUT2D eigenvalue weighted by Crippen LogP contribution is 2.22. The molecule has 1 heterocycles. The Kier molecular flexibility index (Phi) is 3.12. The van der Waals surface area contributed by atoms with Crippen LogP contribution in [0.1, 0.15) is 5.76 Å². The predicted octanol–water partition coefficient (Wildman–Crippen LogP) is 1.99. The minimum atomic E-state index is 0.318. The number of hydrogen-bond acceptors (Lipinski definition) is 4. The smallest absolute Gasteiger partial charge is 0.172 e. The van der Waals surface area contributed by atoms with Crippen molar-refractivity contribution in [1.82, 2.24) is 5.16 Å². The van der Waals surface area contributed by atoms with Gasteiger partial charge >= 0.3 is 0 Å². The van der Waals surface area contributed by atoms with Crippen molar-refractivity contribution in [2.24, 2.45) is 0 Å². The molecular weight excluding hydrogens is 180 g/mol. The van der Waals surface area contributed by atoms with Crippen LogP contribution in [0, 0.1) is 0 Å². The molecule has 1 rings (SSSR count). The second-order valence-corrected chi connectivity index (χ2v) is 2.51. The number of ether oxygens (including phenoxy) is 1. The van der Waals surface area contributed by atoms with E-state index in [-0.39, 0.29) is 0 Å². The van der Waals surface area contributed by atoms with Crippen molar-refractivity contribution in [1.29, 1.82) is 0 Å². The molecule has 74 valence electrons. The van der Waals surface area contributed by atoms with Crippen molar-refractivity contribution >= 4 is 11.4 Å². The zero-order valence-electron chi connectivity index (χ0n) is 7.99. The summed E-state index contributed by atoms with van der Waals surface area (Å²) in [5.74, 6) is 1.39. The van der Waals surface area contributed by atoms with Gasteiger partial charge in [-0.1, -0.05) is 24.4 Å². The molecule has 1 aromatic rings. The summed E-state index contributed by atoms with van der Waals surface area (Å²) in [5.41, 5.74) is 6.10. The van der Waals surface area contributed by atoms with Crippen LogP contribution in [-0.2, 0) is 4.74 Å². The van der Waals surface area contributed by atoms with E-state index in [1.807, 2.05) is 0 Å². The van der Waals surface area contributed by atoms with Crippen molar-refractivity contribution in [3.05, 3.63) is 42.9 Å². The van der Waals surface area contributed by atoms with Crippen molar-refractivity contribution < 1.29 is 9.26 Å². The highest BCUT2D eigenvalue weighted by atomic mass is 16.5. The van der Waals surface area contributed by atoms with Crippen LogP contribution in [0.5, 0.6) is 0 Å². The lowest BCUT2D eigenvalue weighted by Crippen LogP contribution is -1.88. The Morgan fingerprint density at radius 3 is 2.64 bits per heavy atom. The quantitative estimate of drug-likeness (QED) is 0.585. The van der Waals surface area contributed by atoms with E-state index in [2.05, 4.69) is 18.3 Å². The highest BCUT2D eigenvalue weighted by molar-refractivity contribution is 5.74. The number of nitrogen functional groups attached to an aromatic ring is 1. The summed E-state index contributed by atoms with van der Waals surface area (Å²) in [6, 6.07) is 1.60. The normalized spacial score (nSPS) is 11.8. The van der Waals surface area contributed by atoms with Gasteiger partial charge in [-0.15, -0.1) is 0 Å². The van der Waals surface area contributed by atoms with E-state index in [0.29, 0.717) is 22.9 Å². The van der Waals surface area contributed by atoms with Crippen LogP contribution in [0.4, 0.5) is 5.82 Å². The van der Waals surface area contributed by atoms with E-state index in [0.717, 1.165) is 0 Å². The summed E-state index contributed by atoms with van der Waals surface area (Å²) in [4.78, 5) is 0. The molecule has 2 N–H and O–H groups in total. The summed E-state index contributed by atoms with van der Waals surface area (Å²) in [5, 5.41) is 3.57. The first-order chi connectivity index (χ1) is 6.72. The molecule has 0 atom stereocenters. The predicted molar refractivity (Wildman–Crippen MR) is 55.2 cm³/mol. The zero-order chi connectivity index (χ0) is 10.6. The topological polar surface area (TPSA) is 61.3 Å². The fraction of sp³-hybridized carbons (Fsp3) is 0.100. The number of allylic oxidation sites excluding steroid dienone is 3. The number of methoxy groups -OCH3 is 1. The minimum absolute atomic E-state index is 0.318. The van der Waals surface area contributed by atoms with Crippen molar-refractivity contribution in [3.8, 4) is 0 Å². The van der Waals surface area contributed by atoms with E-state index < -0.39 is 0 Å². The molecule has 0 aromatic carbocycles. The zero-order valence-corrected chi connectivity index (χ0v) is 7.99. The second-order valence-electron chi connectivity index (χ2n) is 2.51. The van der Waals surface area contributed by atoms with Gasteiger partial charge in [0.25, 0.3) is 0 Å². The Hall–Kier alpha value is -1.97.